The summed E-state index contributed by atoms with van der Waals surface area (Å²) in [5, 5.41) is 7.48. The summed E-state index contributed by atoms with van der Waals surface area (Å²) < 4.78 is 1.28. The van der Waals surface area contributed by atoms with Gasteiger partial charge in [0.1, 0.15) is 9.88 Å². The molecule has 0 atom stereocenters. The van der Waals surface area contributed by atoms with Gasteiger partial charge in [-0.25, -0.2) is 9.67 Å². The lowest BCUT2D eigenvalue weighted by atomic mass is 10.1. The van der Waals surface area contributed by atoms with E-state index in [2.05, 4.69) is 15.4 Å². The smallest absolute Gasteiger partial charge is 0.277 e. The van der Waals surface area contributed by atoms with Crippen LogP contribution in [0.15, 0.2) is 29.1 Å². The van der Waals surface area contributed by atoms with Gasteiger partial charge in [-0.05, 0) is 44.5 Å². The van der Waals surface area contributed by atoms with Gasteiger partial charge < -0.3 is 10.2 Å². The molecule has 0 aliphatic rings. The van der Waals surface area contributed by atoms with Crippen LogP contribution < -0.4 is 10.9 Å². The molecule has 30 heavy (non-hydrogen) atoms. The van der Waals surface area contributed by atoms with Gasteiger partial charge in [-0.3, -0.25) is 14.4 Å². The van der Waals surface area contributed by atoms with Crippen LogP contribution >= 0.6 is 11.3 Å². The molecule has 0 spiro atoms. The number of carbonyl (C=O) groups excluding carboxylic acids is 2. The predicted octanol–water partition coefficient (Wildman–Crippen LogP) is 2.78. The number of amides is 2. The summed E-state index contributed by atoms with van der Waals surface area (Å²) in [6, 6.07) is 6.75. The van der Waals surface area contributed by atoms with Crippen LogP contribution in [0.2, 0.25) is 0 Å². The summed E-state index contributed by atoms with van der Waals surface area (Å²) >= 11 is 1.16. The van der Waals surface area contributed by atoms with E-state index in [-0.39, 0.29) is 17.4 Å². The number of benzene rings is 1. The maximum atomic E-state index is 12.9. The SMILES string of the molecule is Cc1nc(-c2c(C)c(C)nn(C)c2=O)sc1C(=O)Nc1cccc(C(=O)N(C)C)c1. The van der Waals surface area contributed by atoms with E-state index in [1.807, 2.05) is 13.8 Å². The Labute approximate surface area is 178 Å². The highest BCUT2D eigenvalue weighted by atomic mass is 32.1. The van der Waals surface area contributed by atoms with Crippen molar-refractivity contribution in [3.05, 3.63) is 62.0 Å². The van der Waals surface area contributed by atoms with Gasteiger partial charge >= 0.3 is 0 Å². The number of aryl methyl sites for hydroxylation is 3. The molecule has 0 unspecified atom stereocenters. The predicted molar refractivity (Wildman–Crippen MR) is 117 cm³/mol. The molecule has 1 aromatic carbocycles. The zero-order valence-electron chi connectivity index (χ0n) is 17.7. The third kappa shape index (κ3) is 4.02. The summed E-state index contributed by atoms with van der Waals surface area (Å²) in [6.45, 7) is 5.38. The second-order valence-electron chi connectivity index (χ2n) is 7.18. The average Bonchev–Trinajstić information content (AvgIpc) is 3.07. The Kier molecular flexibility index (Phi) is 5.84. The van der Waals surface area contributed by atoms with Crippen LogP contribution in [-0.2, 0) is 7.05 Å². The van der Waals surface area contributed by atoms with Crippen molar-refractivity contribution >= 4 is 28.8 Å². The lowest BCUT2D eigenvalue weighted by Crippen LogP contribution is -2.23. The van der Waals surface area contributed by atoms with E-state index in [9.17, 15) is 14.4 Å². The minimum Gasteiger partial charge on any atom is -0.345 e. The van der Waals surface area contributed by atoms with E-state index in [0.717, 1.165) is 22.6 Å². The Morgan fingerprint density at radius 2 is 1.83 bits per heavy atom. The Morgan fingerprint density at radius 3 is 2.50 bits per heavy atom. The third-order valence-corrected chi connectivity index (χ3v) is 5.89. The Bertz CT molecular complexity index is 1210. The number of hydrogen-bond acceptors (Lipinski definition) is 6. The van der Waals surface area contributed by atoms with E-state index >= 15 is 0 Å². The van der Waals surface area contributed by atoms with Crippen molar-refractivity contribution in [2.24, 2.45) is 7.05 Å². The minimum absolute atomic E-state index is 0.151. The zero-order chi connectivity index (χ0) is 22.2. The van der Waals surface area contributed by atoms with Gasteiger partial charge in [0.2, 0.25) is 0 Å². The van der Waals surface area contributed by atoms with Gasteiger partial charge in [-0.15, -0.1) is 11.3 Å². The molecule has 2 aromatic heterocycles. The summed E-state index contributed by atoms with van der Waals surface area (Å²) in [5.74, 6) is -0.493. The molecule has 2 heterocycles. The van der Waals surface area contributed by atoms with E-state index in [1.165, 1.54) is 9.58 Å². The minimum atomic E-state index is -0.342. The number of nitrogens with zero attached hydrogens (tertiary/aromatic N) is 4. The molecule has 0 saturated heterocycles. The first kappa shape index (κ1) is 21.4. The molecule has 0 radical (unpaired) electrons. The normalized spacial score (nSPS) is 10.7. The van der Waals surface area contributed by atoms with Crippen molar-refractivity contribution in [1.82, 2.24) is 19.7 Å². The number of thiazole rings is 1. The van der Waals surface area contributed by atoms with E-state index in [4.69, 9.17) is 0 Å². The average molecular weight is 426 g/mol. The Balaban J connectivity index is 1.94. The molecule has 9 heteroatoms. The van der Waals surface area contributed by atoms with Crippen LogP contribution in [0.25, 0.3) is 10.6 Å². The quantitative estimate of drug-likeness (QED) is 0.693. The first-order valence-electron chi connectivity index (χ1n) is 9.25. The van der Waals surface area contributed by atoms with Crippen molar-refractivity contribution in [3.63, 3.8) is 0 Å². The fourth-order valence-electron chi connectivity index (χ4n) is 2.99. The molecule has 0 fully saturated rings. The fraction of sp³-hybridized carbons (Fsp3) is 0.286. The first-order valence-corrected chi connectivity index (χ1v) is 10.1. The van der Waals surface area contributed by atoms with Crippen LogP contribution in [0.4, 0.5) is 5.69 Å². The third-order valence-electron chi connectivity index (χ3n) is 4.72. The monoisotopic (exact) mass is 425 g/mol. The highest BCUT2D eigenvalue weighted by Crippen LogP contribution is 2.29. The number of anilines is 1. The topological polar surface area (TPSA) is 97.2 Å². The molecule has 0 aliphatic heterocycles. The molecule has 2 amide bonds. The Morgan fingerprint density at radius 1 is 1.13 bits per heavy atom. The van der Waals surface area contributed by atoms with Crippen LogP contribution in [0.3, 0.4) is 0 Å². The molecule has 0 saturated carbocycles. The van der Waals surface area contributed by atoms with Crippen molar-refractivity contribution in [2.75, 3.05) is 19.4 Å². The largest absolute Gasteiger partial charge is 0.345 e. The van der Waals surface area contributed by atoms with Crippen molar-refractivity contribution in [2.45, 2.75) is 20.8 Å². The molecule has 3 aromatic rings. The number of rotatable bonds is 4. The summed E-state index contributed by atoms with van der Waals surface area (Å²) in [4.78, 5) is 44.0. The van der Waals surface area contributed by atoms with Crippen molar-refractivity contribution in [3.8, 4) is 10.6 Å². The molecule has 8 nitrogen and oxygen atoms in total. The molecule has 1 N–H and O–H groups in total. The molecular formula is C21H23N5O3S. The first-order chi connectivity index (χ1) is 14.1. The summed E-state index contributed by atoms with van der Waals surface area (Å²) in [7, 11) is 4.93. The van der Waals surface area contributed by atoms with Crippen LogP contribution in [0, 0.1) is 20.8 Å². The van der Waals surface area contributed by atoms with Crippen molar-refractivity contribution in [1.29, 1.82) is 0 Å². The van der Waals surface area contributed by atoms with Crippen LogP contribution in [0.5, 0.6) is 0 Å². The Hall–Kier alpha value is -3.33. The second kappa shape index (κ2) is 8.19. The van der Waals surface area contributed by atoms with Gasteiger partial charge in [-0.1, -0.05) is 6.07 Å². The highest BCUT2D eigenvalue weighted by Gasteiger charge is 2.21. The highest BCUT2D eigenvalue weighted by molar-refractivity contribution is 7.17. The number of aromatic nitrogens is 3. The number of hydrogen-bond donors (Lipinski definition) is 1. The van der Waals surface area contributed by atoms with Gasteiger partial charge in [0, 0.05) is 32.4 Å². The second-order valence-corrected chi connectivity index (χ2v) is 8.18. The molecular weight excluding hydrogens is 402 g/mol. The molecule has 3 rings (SSSR count). The van der Waals surface area contributed by atoms with Gasteiger partial charge in [0.25, 0.3) is 17.4 Å². The van der Waals surface area contributed by atoms with E-state index < -0.39 is 0 Å². The number of carbonyl (C=O) groups is 2. The van der Waals surface area contributed by atoms with Gasteiger partial charge in [0.05, 0.1) is 17.0 Å². The van der Waals surface area contributed by atoms with E-state index in [0.29, 0.717) is 32.4 Å². The summed E-state index contributed by atoms with van der Waals surface area (Å²) in [6.07, 6.45) is 0. The van der Waals surface area contributed by atoms with Gasteiger partial charge in [-0.2, -0.15) is 5.10 Å². The number of nitrogens with one attached hydrogen (secondary N) is 1. The maximum Gasteiger partial charge on any atom is 0.277 e. The lowest BCUT2D eigenvalue weighted by Gasteiger charge is -2.11. The van der Waals surface area contributed by atoms with Crippen LogP contribution in [0.1, 0.15) is 37.0 Å². The fourth-order valence-corrected chi connectivity index (χ4v) is 4.05. The van der Waals surface area contributed by atoms with Gasteiger partial charge in [0.15, 0.2) is 0 Å². The molecule has 156 valence electrons. The molecule has 0 bridgehead atoms. The van der Waals surface area contributed by atoms with Crippen molar-refractivity contribution < 1.29 is 9.59 Å². The van der Waals surface area contributed by atoms with E-state index in [1.54, 1.807) is 52.3 Å². The zero-order valence-corrected chi connectivity index (χ0v) is 18.5. The van der Waals surface area contributed by atoms with Crippen LogP contribution in [-0.4, -0.2) is 45.6 Å². The standard InChI is InChI=1S/C21H23N5O3S/c1-11-12(2)24-26(6)21(29)16(11)19-22-13(3)17(30-19)18(27)23-15-9-7-8-14(10-15)20(28)25(4)5/h7-10H,1-6H3,(H,23,27). The molecule has 0 aliphatic carbocycles. The maximum absolute atomic E-state index is 12.9. The summed E-state index contributed by atoms with van der Waals surface area (Å²) in [5.41, 5.74) is 3.19. The lowest BCUT2D eigenvalue weighted by molar-refractivity contribution is 0.0827.